The van der Waals surface area contributed by atoms with E-state index in [0.29, 0.717) is 10.4 Å². The van der Waals surface area contributed by atoms with Gasteiger partial charge in [-0.25, -0.2) is 17.2 Å². The third kappa shape index (κ3) is 3.65. The summed E-state index contributed by atoms with van der Waals surface area (Å²) in [6.07, 6.45) is 0. The molecule has 8 heteroatoms. The number of halogens is 2. The average Bonchev–Trinajstić information content (AvgIpc) is 2.45. The highest BCUT2D eigenvalue weighted by atomic mass is 32.2. The second kappa shape index (κ2) is 6.33. The number of hydrogen-bond donors (Lipinski definition) is 1. The first kappa shape index (κ1) is 16.9. The Balaban J connectivity index is 2.57. The van der Waals surface area contributed by atoms with Crippen LogP contribution in [0.3, 0.4) is 0 Å². The fraction of sp³-hybridized carbons (Fsp3) is 0.133. The number of carbonyl (C=O) groups is 1. The van der Waals surface area contributed by atoms with Crippen molar-refractivity contribution in [1.29, 1.82) is 0 Å². The van der Waals surface area contributed by atoms with Crippen LogP contribution in [0.25, 0.3) is 0 Å². The van der Waals surface area contributed by atoms with Crippen LogP contribution in [-0.2, 0) is 14.8 Å². The number of anilines is 1. The van der Waals surface area contributed by atoms with Gasteiger partial charge in [0, 0.05) is 6.07 Å². The van der Waals surface area contributed by atoms with Gasteiger partial charge in [0.1, 0.15) is 18.2 Å². The Hall–Kier alpha value is -2.48. The fourth-order valence-electron chi connectivity index (χ4n) is 1.96. The summed E-state index contributed by atoms with van der Waals surface area (Å²) in [4.78, 5) is 11.1. The number of hydrogen-bond acceptors (Lipinski definition) is 3. The molecule has 0 heterocycles. The lowest BCUT2D eigenvalue weighted by atomic mass is 10.2. The maximum absolute atomic E-state index is 14.0. The van der Waals surface area contributed by atoms with Crippen molar-refractivity contribution in [3.8, 4) is 0 Å². The zero-order valence-corrected chi connectivity index (χ0v) is 13.0. The molecule has 2 N–H and O–H groups in total. The molecule has 0 unspecified atom stereocenters. The van der Waals surface area contributed by atoms with Crippen molar-refractivity contribution in [2.45, 2.75) is 11.8 Å². The monoisotopic (exact) mass is 340 g/mol. The minimum absolute atomic E-state index is 0.131. The SMILES string of the molecule is Cc1ccc(S(=O)(=O)N(CC(N)=O)c2ccc(F)cc2F)cc1. The minimum atomic E-state index is -4.23. The lowest BCUT2D eigenvalue weighted by Gasteiger charge is -2.23. The van der Waals surface area contributed by atoms with Gasteiger partial charge in [0.25, 0.3) is 10.0 Å². The van der Waals surface area contributed by atoms with Crippen molar-refractivity contribution in [1.82, 2.24) is 0 Å². The quantitative estimate of drug-likeness (QED) is 0.903. The molecular weight excluding hydrogens is 326 g/mol. The maximum atomic E-state index is 14.0. The fourth-order valence-corrected chi connectivity index (χ4v) is 3.40. The van der Waals surface area contributed by atoms with Gasteiger partial charge in [0.15, 0.2) is 0 Å². The van der Waals surface area contributed by atoms with Crippen LogP contribution in [0.15, 0.2) is 47.4 Å². The highest BCUT2D eigenvalue weighted by molar-refractivity contribution is 7.92. The van der Waals surface area contributed by atoms with Crippen LogP contribution < -0.4 is 10.0 Å². The number of nitrogens with zero attached hydrogens (tertiary/aromatic N) is 1. The third-order valence-electron chi connectivity index (χ3n) is 3.09. The van der Waals surface area contributed by atoms with E-state index in [4.69, 9.17) is 5.73 Å². The molecule has 0 spiro atoms. The second-order valence-corrected chi connectivity index (χ2v) is 6.75. The molecule has 0 radical (unpaired) electrons. The van der Waals surface area contributed by atoms with Crippen LogP contribution in [0.1, 0.15) is 5.56 Å². The van der Waals surface area contributed by atoms with E-state index in [1.807, 2.05) is 0 Å². The largest absolute Gasteiger partial charge is 0.368 e. The van der Waals surface area contributed by atoms with Crippen molar-refractivity contribution in [3.63, 3.8) is 0 Å². The highest BCUT2D eigenvalue weighted by Gasteiger charge is 2.28. The zero-order valence-electron chi connectivity index (χ0n) is 12.2. The molecule has 0 saturated carbocycles. The van der Waals surface area contributed by atoms with Crippen molar-refractivity contribution < 1.29 is 22.0 Å². The van der Waals surface area contributed by atoms with E-state index >= 15 is 0 Å². The summed E-state index contributed by atoms with van der Waals surface area (Å²) in [5.74, 6) is -2.94. The van der Waals surface area contributed by atoms with E-state index in [-0.39, 0.29) is 4.90 Å². The van der Waals surface area contributed by atoms with E-state index in [0.717, 1.165) is 17.7 Å². The van der Waals surface area contributed by atoms with Gasteiger partial charge >= 0.3 is 0 Å². The molecule has 2 rings (SSSR count). The number of carbonyl (C=O) groups excluding carboxylic acids is 1. The third-order valence-corrected chi connectivity index (χ3v) is 4.86. The number of primary amides is 1. The molecule has 0 saturated heterocycles. The molecule has 2 aromatic carbocycles. The first-order valence-corrected chi connectivity index (χ1v) is 7.98. The van der Waals surface area contributed by atoms with Crippen LogP contribution in [0.2, 0.25) is 0 Å². The summed E-state index contributed by atoms with van der Waals surface area (Å²) in [7, 11) is -4.23. The van der Waals surface area contributed by atoms with Gasteiger partial charge < -0.3 is 5.73 Å². The van der Waals surface area contributed by atoms with E-state index in [9.17, 15) is 22.0 Å². The topological polar surface area (TPSA) is 80.5 Å². The molecule has 5 nitrogen and oxygen atoms in total. The summed E-state index contributed by atoms with van der Waals surface area (Å²) in [6, 6.07) is 8.18. The molecule has 23 heavy (non-hydrogen) atoms. The summed E-state index contributed by atoms with van der Waals surface area (Å²) < 4.78 is 52.9. The number of sulfonamides is 1. The second-order valence-electron chi connectivity index (χ2n) is 4.89. The molecule has 0 aliphatic rings. The van der Waals surface area contributed by atoms with E-state index in [1.165, 1.54) is 12.1 Å². The molecule has 0 aromatic heterocycles. The van der Waals surface area contributed by atoms with Gasteiger partial charge in [-0.1, -0.05) is 17.7 Å². The Morgan fingerprint density at radius 2 is 1.74 bits per heavy atom. The lowest BCUT2D eigenvalue weighted by Crippen LogP contribution is -2.39. The molecule has 0 atom stereocenters. The number of aryl methyl sites for hydroxylation is 1. The molecule has 1 amide bonds. The lowest BCUT2D eigenvalue weighted by molar-refractivity contribution is -0.116. The normalized spacial score (nSPS) is 11.3. The van der Waals surface area contributed by atoms with Crippen molar-refractivity contribution in [2.75, 3.05) is 10.8 Å². The minimum Gasteiger partial charge on any atom is -0.368 e. The van der Waals surface area contributed by atoms with Crippen LogP contribution in [0, 0.1) is 18.6 Å². The van der Waals surface area contributed by atoms with Crippen LogP contribution in [0.5, 0.6) is 0 Å². The predicted molar refractivity (Wildman–Crippen MR) is 81.3 cm³/mol. The maximum Gasteiger partial charge on any atom is 0.264 e. The van der Waals surface area contributed by atoms with Gasteiger partial charge in [-0.05, 0) is 31.2 Å². The molecule has 2 aromatic rings. The Kier molecular flexibility index (Phi) is 4.65. The molecule has 0 fully saturated rings. The van der Waals surface area contributed by atoms with Crippen LogP contribution in [0.4, 0.5) is 14.5 Å². The van der Waals surface area contributed by atoms with Crippen LogP contribution in [-0.4, -0.2) is 20.9 Å². The average molecular weight is 340 g/mol. The summed E-state index contributed by atoms with van der Waals surface area (Å²) >= 11 is 0. The smallest absolute Gasteiger partial charge is 0.264 e. The van der Waals surface area contributed by atoms with Gasteiger partial charge in [-0.2, -0.15) is 0 Å². The van der Waals surface area contributed by atoms with Gasteiger partial charge in [-0.15, -0.1) is 0 Å². The van der Waals surface area contributed by atoms with Crippen molar-refractivity contribution >= 4 is 21.6 Å². The number of benzene rings is 2. The summed E-state index contributed by atoms with van der Waals surface area (Å²) in [5, 5.41) is 0. The Morgan fingerprint density at radius 3 is 2.26 bits per heavy atom. The summed E-state index contributed by atoms with van der Waals surface area (Å²) in [5.41, 5.74) is 5.45. The van der Waals surface area contributed by atoms with Gasteiger partial charge in [0.05, 0.1) is 10.6 Å². The van der Waals surface area contributed by atoms with E-state index in [1.54, 1.807) is 19.1 Å². The standard InChI is InChI=1S/C15H14F2N2O3S/c1-10-2-5-12(6-3-10)23(21,22)19(9-15(18)20)14-7-4-11(16)8-13(14)17/h2-8H,9H2,1H3,(H2,18,20). The van der Waals surface area contributed by atoms with E-state index in [2.05, 4.69) is 0 Å². The molecule has 0 aliphatic heterocycles. The van der Waals surface area contributed by atoms with Crippen molar-refractivity contribution in [3.05, 3.63) is 59.7 Å². The predicted octanol–water partition coefficient (Wildman–Crippen LogP) is 1.95. The van der Waals surface area contributed by atoms with Crippen LogP contribution >= 0.6 is 0 Å². The summed E-state index contributed by atoms with van der Waals surface area (Å²) in [6.45, 7) is 1.01. The Morgan fingerprint density at radius 1 is 1.13 bits per heavy atom. The zero-order chi connectivity index (χ0) is 17.2. The first-order chi connectivity index (χ1) is 10.7. The molecular formula is C15H14F2N2O3S. The molecule has 0 bridgehead atoms. The van der Waals surface area contributed by atoms with E-state index < -0.39 is 39.8 Å². The van der Waals surface area contributed by atoms with Gasteiger partial charge in [0.2, 0.25) is 5.91 Å². The molecule has 122 valence electrons. The number of nitrogens with two attached hydrogens (primary N) is 1. The number of rotatable bonds is 5. The number of amides is 1. The highest BCUT2D eigenvalue weighted by Crippen LogP contribution is 2.26. The Labute approximate surface area is 132 Å². The first-order valence-electron chi connectivity index (χ1n) is 6.54. The van der Waals surface area contributed by atoms with Gasteiger partial charge in [-0.3, -0.25) is 9.10 Å². The Bertz CT molecular complexity index is 836. The molecule has 0 aliphatic carbocycles. The van der Waals surface area contributed by atoms with Crippen molar-refractivity contribution in [2.24, 2.45) is 5.73 Å².